The van der Waals surface area contributed by atoms with Gasteiger partial charge in [-0.1, -0.05) is 18.2 Å². The highest BCUT2D eigenvalue weighted by atomic mass is 16.5. The molecule has 5 heteroatoms. The zero-order chi connectivity index (χ0) is 13.8. The molecule has 0 saturated heterocycles. The predicted molar refractivity (Wildman–Crippen MR) is 74.5 cm³/mol. The molecule has 2 N–H and O–H groups in total. The molecule has 1 saturated carbocycles. The molecule has 1 heterocycles. The van der Waals surface area contributed by atoms with E-state index in [4.69, 9.17) is 4.74 Å². The number of hydrogen-bond acceptors (Lipinski definition) is 3. The molecule has 1 aromatic carbocycles. The third-order valence-corrected chi connectivity index (χ3v) is 3.50. The first-order valence-corrected chi connectivity index (χ1v) is 6.85. The largest absolute Gasteiger partial charge is 0.490 e. The summed E-state index contributed by atoms with van der Waals surface area (Å²) < 4.78 is 5.93. The van der Waals surface area contributed by atoms with Crippen molar-refractivity contribution in [2.45, 2.75) is 31.9 Å². The number of rotatable bonds is 5. The fourth-order valence-corrected chi connectivity index (χ4v) is 2.09. The summed E-state index contributed by atoms with van der Waals surface area (Å²) in [5.41, 5.74) is 1.45. The van der Waals surface area contributed by atoms with Crippen LogP contribution in [0.2, 0.25) is 0 Å². The Morgan fingerprint density at radius 2 is 2.20 bits per heavy atom. The van der Waals surface area contributed by atoms with E-state index in [0.29, 0.717) is 18.3 Å². The van der Waals surface area contributed by atoms with Gasteiger partial charge in [-0.2, -0.15) is 5.10 Å². The van der Waals surface area contributed by atoms with Gasteiger partial charge >= 0.3 is 0 Å². The molecule has 104 valence electrons. The summed E-state index contributed by atoms with van der Waals surface area (Å²) in [5, 5.41) is 9.27. The number of hydrogen-bond donors (Lipinski definition) is 2. The molecule has 0 radical (unpaired) electrons. The number of carbonyl (C=O) groups is 1. The first kappa shape index (κ1) is 12.7. The number of nitrogens with one attached hydrogen (secondary N) is 2. The van der Waals surface area contributed by atoms with E-state index in [-0.39, 0.29) is 5.91 Å². The normalized spacial score (nSPS) is 14.6. The molecule has 1 aliphatic rings. The number of H-pyrrole nitrogens is 1. The number of amides is 1. The minimum Gasteiger partial charge on any atom is -0.490 e. The molecule has 2 aromatic rings. The van der Waals surface area contributed by atoms with Gasteiger partial charge in [0.1, 0.15) is 11.4 Å². The summed E-state index contributed by atoms with van der Waals surface area (Å²) >= 11 is 0. The van der Waals surface area contributed by atoms with E-state index in [9.17, 15) is 4.79 Å². The maximum atomic E-state index is 11.9. The van der Waals surface area contributed by atoms with Crippen LogP contribution in [0.3, 0.4) is 0 Å². The molecular formula is C15H17N3O2. The van der Waals surface area contributed by atoms with E-state index < -0.39 is 0 Å². The lowest BCUT2D eigenvalue weighted by molar-refractivity contribution is 0.0943. The Morgan fingerprint density at radius 1 is 1.35 bits per heavy atom. The Morgan fingerprint density at radius 3 is 2.90 bits per heavy atom. The van der Waals surface area contributed by atoms with Gasteiger partial charge in [0.15, 0.2) is 0 Å². The third kappa shape index (κ3) is 2.82. The van der Waals surface area contributed by atoms with Crippen LogP contribution in [0.4, 0.5) is 0 Å². The second-order valence-corrected chi connectivity index (χ2v) is 4.93. The van der Waals surface area contributed by atoms with Gasteiger partial charge in [0.25, 0.3) is 5.91 Å². The molecule has 1 aliphatic carbocycles. The third-order valence-electron chi connectivity index (χ3n) is 3.50. The van der Waals surface area contributed by atoms with Crippen molar-refractivity contribution < 1.29 is 9.53 Å². The monoisotopic (exact) mass is 271 g/mol. The number of para-hydroxylation sites is 1. The standard InChI is InChI=1S/C15H17N3O2/c19-15(13-8-9-17-18-13)16-10-11-4-1-2-7-14(11)20-12-5-3-6-12/h1-2,4,7-9,12H,3,5-6,10H2,(H,16,19)(H,17,18). The van der Waals surface area contributed by atoms with E-state index in [1.165, 1.54) is 6.42 Å². The lowest BCUT2D eigenvalue weighted by Gasteiger charge is -2.27. The number of aromatic nitrogens is 2. The summed E-state index contributed by atoms with van der Waals surface area (Å²) in [6.45, 7) is 0.445. The molecule has 1 aromatic heterocycles. The second-order valence-electron chi connectivity index (χ2n) is 4.93. The molecule has 5 nitrogen and oxygen atoms in total. The highest BCUT2D eigenvalue weighted by molar-refractivity contribution is 5.92. The summed E-state index contributed by atoms with van der Waals surface area (Å²) in [5.74, 6) is 0.697. The Labute approximate surface area is 117 Å². The van der Waals surface area contributed by atoms with Gasteiger partial charge in [0.05, 0.1) is 6.10 Å². The van der Waals surface area contributed by atoms with Gasteiger partial charge in [0, 0.05) is 18.3 Å². The summed E-state index contributed by atoms with van der Waals surface area (Å²) in [6, 6.07) is 9.48. The molecular weight excluding hydrogens is 254 g/mol. The van der Waals surface area contributed by atoms with Crippen molar-refractivity contribution >= 4 is 5.91 Å². The van der Waals surface area contributed by atoms with Crippen LogP contribution in [0.1, 0.15) is 35.3 Å². The molecule has 0 spiro atoms. The van der Waals surface area contributed by atoms with Crippen LogP contribution >= 0.6 is 0 Å². The molecule has 0 bridgehead atoms. The van der Waals surface area contributed by atoms with Crippen LogP contribution in [-0.2, 0) is 6.54 Å². The van der Waals surface area contributed by atoms with Crippen LogP contribution in [-0.4, -0.2) is 22.2 Å². The molecule has 3 rings (SSSR count). The zero-order valence-electron chi connectivity index (χ0n) is 11.1. The Kier molecular flexibility index (Phi) is 3.67. The van der Waals surface area contributed by atoms with Gasteiger partial charge in [-0.15, -0.1) is 0 Å². The average molecular weight is 271 g/mol. The highest BCUT2D eigenvalue weighted by Gasteiger charge is 2.20. The maximum Gasteiger partial charge on any atom is 0.269 e. The van der Waals surface area contributed by atoms with E-state index in [2.05, 4.69) is 15.5 Å². The number of aromatic amines is 1. The van der Waals surface area contributed by atoms with Crippen LogP contribution < -0.4 is 10.1 Å². The number of nitrogens with zero attached hydrogens (tertiary/aromatic N) is 1. The fourth-order valence-electron chi connectivity index (χ4n) is 2.09. The lowest BCUT2D eigenvalue weighted by atomic mass is 9.96. The molecule has 0 aliphatic heterocycles. The minimum atomic E-state index is -0.166. The fraction of sp³-hybridized carbons (Fsp3) is 0.333. The Hall–Kier alpha value is -2.30. The van der Waals surface area contributed by atoms with Crippen LogP contribution in [0.15, 0.2) is 36.5 Å². The summed E-state index contributed by atoms with van der Waals surface area (Å²) in [6.07, 6.45) is 5.37. The second kappa shape index (κ2) is 5.77. The molecule has 0 unspecified atom stereocenters. The SMILES string of the molecule is O=C(NCc1ccccc1OC1CCC1)c1ccn[nH]1. The van der Waals surface area contributed by atoms with Crippen LogP contribution in [0.5, 0.6) is 5.75 Å². The molecule has 1 amide bonds. The summed E-state index contributed by atoms with van der Waals surface area (Å²) in [7, 11) is 0. The zero-order valence-corrected chi connectivity index (χ0v) is 11.1. The van der Waals surface area contributed by atoms with Gasteiger partial charge in [-0.25, -0.2) is 0 Å². The molecule has 1 fully saturated rings. The first-order chi connectivity index (χ1) is 9.83. The first-order valence-electron chi connectivity index (χ1n) is 6.85. The smallest absolute Gasteiger partial charge is 0.269 e. The summed E-state index contributed by atoms with van der Waals surface area (Å²) in [4.78, 5) is 11.9. The van der Waals surface area contributed by atoms with E-state index in [0.717, 1.165) is 24.2 Å². The van der Waals surface area contributed by atoms with Gasteiger partial charge in [0.2, 0.25) is 0 Å². The Bertz CT molecular complexity index is 577. The van der Waals surface area contributed by atoms with Gasteiger partial charge < -0.3 is 10.1 Å². The van der Waals surface area contributed by atoms with Gasteiger partial charge in [-0.05, 0) is 31.4 Å². The van der Waals surface area contributed by atoms with E-state index in [1.54, 1.807) is 12.3 Å². The quantitative estimate of drug-likeness (QED) is 0.876. The van der Waals surface area contributed by atoms with Crippen LogP contribution in [0, 0.1) is 0 Å². The average Bonchev–Trinajstić information content (AvgIpc) is 2.95. The van der Waals surface area contributed by atoms with Gasteiger partial charge in [-0.3, -0.25) is 9.89 Å². The van der Waals surface area contributed by atoms with Crippen LogP contribution in [0.25, 0.3) is 0 Å². The minimum absolute atomic E-state index is 0.166. The maximum absolute atomic E-state index is 11.9. The lowest BCUT2D eigenvalue weighted by Crippen LogP contribution is -2.26. The number of ether oxygens (including phenoxy) is 1. The van der Waals surface area contributed by atoms with Crippen molar-refractivity contribution in [2.24, 2.45) is 0 Å². The topological polar surface area (TPSA) is 67.0 Å². The van der Waals surface area contributed by atoms with Crippen molar-refractivity contribution in [3.63, 3.8) is 0 Å². The van der Waals surface area contributed by atoms with Crippen molar-refractivity contribution in [3.8, 4) is 5.75 Å². The number of benzene rings is 1. The predicted octanol–water partition coefficient (Wildman–Crippen LogP) is 2.27. The van der Waals surface area contributed by atoms with E-state index >= 15 is 0 Å². The number of carbonyl (C=O) groups excluding carboxylic acids is 1. The molecule has 20 heavy (non-hydrogen) atoms. The van der Waals surface area contributed by atoms with Crippen molar-refractivity contribution in [1.29, 1.82) is 0 Å². The van der Waals surface area contributed by atoms with Crippen molar-refractivity contribution in [1.82, 2.24) is 15.5 Å². The highest BCUT2D eigenvalue weighted by Crippen LogP contribution is 2.27. The molecule has 0 atom stereocenters. The Balaban J connectivity index is 1.63. The van der Waals surface area contributed by atoms with E-state index in [1.807, 2.05) is 24.3 Å². The van der Waals surface area contributed by atoms with Crippen molar-refractivity contribution in [2.75, 3.05) is 0 Å². The van der Waals surface area contributed by atoms with Crippen molar-refractivity contribution in [3.05, 3.63) is 47.8 Å².